The lowest BCUT2D eigenvalue weighted by Crippen LogP contribution is -3.13. The molecule has 1 aromatic heterocycles. The molecule has 1 aliphatic carbocycles. The predicted molar refractivity (Wildman–Crippen MR) is 119 cm³/mol. The van der Waals surface area contributed by atoms with Crippen molar-refractivity contribution in [2.75, 3.05) is 38.2 Å². The van der Waals surface area contributed by atoms with Crippen LogP contribution < -0.4 is 20.2 Å². The quantitative estimate of drug-likeness (QED) is 0.678. The molecule has 2 aromatic carbocycles. The number of quaternary nitrogens is 1. The molecule has 2 heterocycles. The predicted octanol–water partition coefficient (Wildman–Crippen LogP) is 2.59. The molecule has 0 amide bonds. The van der Waals surface area contributed by atoms with Gasteiger partial charge in [-0.15, -0.1) is 0 Å². The van der Waals surface area contributed by atoms with Crippen molar-refractivity contribution in [2.24, 2.45) is 0 Å². The standard InChI is InChI=1S/C25H28N2O3/c1-29-22-8-6-21(7-9-22)27-12-10-26(11-13-27)17-20-16-25(28)30-24-15-19-5-3-2-4-18(19)14-23(20)24/h6-9,14-16H,2-5,10-13,17H2,1H3/p+1. The van der Waals surface area contributed by atoms with Gasteiger partial charge >= 0.3 is 5.63 Å². The van der Waals surface area contributed by atoms with Crippen molar-refractivity contribution in [3.05, 3.63) is 69.6 Å². The number of aryl methyl sites for hydroxylation is 2. The molecule has 5 rings (SSSR count). The zero-order valence-corrected chi connectivity index (χ0v) is 17.6. The minimum absolute atomic E-state index is 0.232. The number of piperazine rings is 1. The van der Waals surface area contributed by atoms with Gasteiger partial charge in [0.2, 0.25) is 0 Å². The second-order valence-corrected chi connectivity index (χ2v) is 8.53. The average molecular weight is 406 g/mol. The van der Waals surface area contributed by atoms with E-state index in [2.05, 4.69) is 29.2 Å². The van der Waals surface area contributed by atoms with Gasteiger partial charge in [-0.25, -0.2) is 4.79 Å². The normalized spacial score (nSPS) is 17.2. The molecule has 2 aliphatic rings. The summed E-state index contributed by atoms with van der Waals surface area (Å²) in [6, 6.07) is 14.4. The summed E-state index contributed by atoms with van der Waals surface area (Å²) >= 11 is 0. The minimum Gasteiger partial charge on any atom is -0.497 e. The van der Waals surface area contributed by atoms with Gasteiger partial charge in [0.15, 0.2) is 0 Å². The van der Waals surface area contributed by atoms with Gasteiger partial charge < -0.3 is 19.0 Å². The summed E-state index contributed by atoms with van der Waals surface area (Å²) in [5, 5.41) is 1.13. The van der Waals surface area contributed by atoms with Crippen LogP contribution in [-0.4, -0.2) is 33.3 Å². The van der Waals surface area contributed by atoms with Crippen molar-refractivity contribution in [3.8, 4) is 5.75 Å². The molecule has 0 radical (unpaired) electrons. The Balaban J connectivity index is 1.33. The van der Waals surface area contributed by atoms with Gasteiger partial charge in [-0.3, -0.25) is 0 Å². The molecule has 156 valence electrons. The number of rotatable bonds is 4. The first-order valence-electron chi connectivity index (χ1n) is 11.0. The third kappa shape index (κ3) is 3.82. The van der Waals surface area contributed by atoms with E-state index < -0.39 is 0 Å². The molecule has 0 saturated carbocycles. The Labute approximate surface area is 176 Å². The van der Waals surface area contributed by atoms with Gasteiger partial charge in [0.05, 0.1) is 33.3 Å². The van der Waals surface area contributed by atoms with Gasteiger partial charge in [-0.05, 0) is 73.2 Å². The van der Waals surface area contributed by atoms with Crippen LogP contribution in [0.4, 0.5) is 5.69 Å². The fourth-order valence-electron chi connectivity index (χ4n) is 4.92. The van der Waals surface area contributed by atoms with Crippen LogP contribution >= 0.6 is 0 Å². The van der Waals surface area contributed by atoms with E-state index in [1.807, 2.05) is 12.1 Å². The molecule has 1 N–H and O–H groups in total. The first-order valence-corrected chi connectivity index (χ1v) is 11.0. The molecule has 1 saturated heterocycles. The summed E-state index contributed by atoms with van der Waals surface area (Å²) in [4.78, 5) is 16.2. The Bertz CT molecular complexity index is 1100. The highest BCUT2D eigenvalue weighted by Gasteiger charge is 2.22. The van der Waals surface area contributed by atoms with Gasteiger partial charge in [0, 0.05) is 22.7 Å². The fraction of sp³-hybridized carbons (Fsp3) is 0.400. The van der Waals surface area contributed by atoms with Crippen LogP contribution in [-0.2, 0) is 19.4 Å². The maximum Gasteiger partial charge on any atom is 0.336 e. The van der Waals surface area contributed by atoms with Crippen LogP contribution in [0.15, 0.2) is 51.7 Å². The van der Waals surface area contributed by atoms with Crippen LogP contribution in [0, 0.1) is 0 Å². The highest BCUT2D eigenvalue weighted by Crippen LogP contribution is 2.27. The molecule has 1 fully saturated rings. The van der Waals surface area contributed by atoms with Gasteiger partial charge in [-0.2, -0.15) is 0 Å². The highest BCUT2D eigenvalue weighted by atomic mass is 16.5. The van der Waals surface area contributed by atoms with Crippen molar-refractivity contribution in [3.63, 3.8) is 0 Å². The Morgan fingerprint density at radius 2 is 1.70 bits per heavy atom. The smallest absolute Gasteiger partial charge is 0.336 e. The number of benzene rings is 2. The number of hydrogen-bond acceptors (Lipinski definition) is 4. The van der Waals surface area contributed by atoms with E-state index in [4.69, 9.17) is 9.15 Å². The minimum atomic E-state index is -0.232. The second-order valence-electron chi connectivity index (χ2n) is 8.53. The summed E-state index contributed by atoms with van der Waals surface area (Å²) in [5.74, 6) is 0.889. The first-order chi connectivity index (χ1) is 14.7. The number of nitrogens with one attached hydrogen (secondary N) is 1. The number of fused-ring (bicyclic) bond motifs is 2. The summed E-state index contributed by atoms with van der Waals surface area (Å²) in [7, 11) is 1.70. The number of anilines is 1. The molecular weight excluding hydrogens is 376 g/mol. The van der Waals surface area contributed by atoms with Gasteiger partial charge in [0.1, 0.15) is 17.9 Å². The van der Waals surface area contributed by atoms with Crippen LogP contribution in [0.3, 0.4) is 0 Å². The van der Waals surface area contributed by atoms with Crippen molar-refractivity contribution in [2.45, 2.75) is 32.2 Å². The topological polar surface area (TPSA) is 47.1 Å². The Hall–Kier alpha value is -2.79. The maximum atomic E-state index is 12.2. The van der Waals surface area contributed by atoms with E-state index >= 15 is 0 Å². The van der Waals surface area contributed by atoms with Gasteiger partial charge in [0.25, 0.3) is 0 Å². The van der Waals surface area contributed by atoms with Crippen molar-refractivity contribution >= 4 is 16.7 Å². The molecule has 0 spiro atoms. The van der Waals surface area contributed by atoms with Crippen molar-refractivity contribution in [1.29, 1.82) is 0 Å². The third-order valence-corrected chi connectivity index (χ3v) is 6.64. The molecule has 5 heteroatoms. The summed E-state index contributed by atoms with van der Waals surface area (Å²) < 4.78 is 10.8. The monoisotopic (exact) mass is 405 g/mol. The lowest BCUT2D eigenvalue weighted by Gasteiger charge is -2.33. The molecule has 3 aromatic rings. The maximum absolute atomic E-state index is 12.2. The fourth-order valence-corrected chi connectivity index (χ4v) is 4.92. The average Bonchev–Trinajstić information content (AvgIpc) is 2.78. The van der Waals surface area contributed by atoms with E-state index in [1.165, 1.54) is 34.6 Å². The van der Waals surface area contributed by atoms with Crippen molar-refractivity contribution in [1.82, 2.24) is 0 Å². The third-order valence-electron chi connectivity index (χ3n) is 6.64. The molecule has 5 nitrogen and oxygen atoms in total. The SMILES string of the molecule is COc1ccc(N2CC[NH+](Cc3cc(=O)oc4cc5c(cc34)CCCC5)CC2)cc1. The summed E-state index contributed by atoms with van der Waals surface area (Å²) in [6.45, 7) is 5.00. The largest absolute Gasteiger partial charge is 0.497 e. The van der Waals surface area contributed by atoms with E-state index in [9.17, 15) is 4.79 Å². The number of ether oxygens (including phenoxy) is 1. The first kappa shape index (κ1) is 19.2. The Morgan fingerprint density at radius 1 is 1.00 bits per heavy atom. The van der Waals surface area contributed by atoms with E-state index in [0.29, 0.717) is 0 Å². The molecule has 1 aliphatic heterocycles. The number of nitrogens with zero attached hydrogens (tertiary/aromatic N) is 1. The van der Waals surface area contributed by atoms with E-state index in [1.54, 1.807) is 13.2 Å². The van der Waals surface area contributed by atoms with Crippen LogP contribution in [0.2, 0.25) is 0 Å². The lowest BCUT2D eigenvalue weighted by molar-refractivity contribution is -0.914. The molecule has 0 atom stereocenters. The zero-order valence-electron chi connectivity index (χ0n) is 17.6. The molecule has 30 heavy (non-hydrogen) atoms. The van der Waals surface area contributed by atoms with Crippen LogP contribution in [0.5, 0.6) is 5.75 Å². The van der Waals surface area contributed by atoms with E-state index in [-0.39, 0.29) is 5.63 Å². The number of hydrogen-bond donors (Lipinski definition) is 1. The second kappa shape index (κ2) is 8.15. The van der Waals surface area contributed by atoms with Crippen LogP contribution in [0.25, 0.3) is 11.0 Å². The van der Waals surface area contributed by atoms with Crippen molar-refractivity contribution < 1.29 is 14.1 Å². The molecule has 0 bridgehead atoms. The molecular formula is C25H29N2O3+. The lowest BCUT2D eigenvalue weighted by atomic mass is 9.90. The Morgan fingerprint density at radius 3 is 2.40 bits per heavy atom. The summed E-state index contributed by atoms with van der Waals surface area (Å²) in [6.07, 6.45) is 4.71. The van der Waals surface area contributed by atoms with E-state index in [0.717, 1.165) is 67.8 Å². The van der Waals surface area contributed by atoms with Gasteiger partial charge in [-0.1, -0.05) is 0 Å². The highest BCUT2D eigenvalue weighted by molar-refractivity contribution is 5.82. The summed E-state index contributed by atoms with van der Waals surface area (Å²) in [5.41, 5.74) is 5.69. The Kier molecular flexibility index (Phi) is 5.21. The van der Waals surface area contributed by atoms with Crippen LogP contribution in [0.1, 0.15) is 29.5 Å². The zero-order chi connectivity index (χ0) is 20.5. The molecule has 0 unspecified atom stereocenters. The number of methoxy groups -OCH3 is 1.